The van der Waals surface area contributed by atoms with Gasteiger partial charge in [-0.3, -0.25) is 0 Å². The zero-order valence-corrected chi connectivity index (χ0v) is 11.9. The van der Waals surface area contributed by atoms with E-state index in [0.29, 0.717) is 0 Å². The fourth-order valence-electron chi connectivity index (χ4n) is 0. The third kappa shape index (κ3) is 184. The summed E-state index contributed by atoms with van der Waals surface area (Å²) in [6, 6.07) is 0. The molecule has 0 heterocycles. The van der Waals surface area contributed by atoms with Gasteiger partial charge in [-0.25, -0.2) is 0 Å². The summed E-state index contributed by atoms with van der Waals surface area (Å²) < 4.78 is 51.6. The molecule has 0 saturated carbocycles. The van der Waals surface area contributed by atoms with Gasteiger partial charge in [0.25, 0.3) is 0 Å². The van der Waals surface area contributed by atoms with E-state index < -0.39 is 37.6 Å². The minimum atomic E-state index is -4.20. The second-order valence-corrected chi connectivity index (χ2v) is 2.65. The van der Waals surface area contributed by atoms with E-state index in [4.69, 9.17) is 20.2 Å². The van der Waals surface area contributed by atoms with Crippen molar-refractivity contribution in [3.8, 4) is 0 Å². The van der Waals surface area contributed by atoms with Gasteiger partial charge in [0.2, 0.25) is 0 Å². The summed E-state index contributed by atoms with van der Waals surface area (Å²) >= 11 is -8.40. The molecule has 0 aliphatic carbocycles. The Balaban J connectivity index is -0.0000000300. The van der Waals surface area contributed by atoms with Crippen LogP contribution in [0.5, 0.6) is 0 Å². The average molecular weight is 383 g/mol. The maximum atomic E-state index is 8.60. The molecule has 0 aromatic carbocycles. The first-order valence-electron chi connectivity index (χ1n) is 1.10. The Labute approximate surface area is 109 Å². The Bertz CT molecular complexity index is 133. The van der Waals surface area contributed by atoms with Crippen molar-refractivity contribution >= 4 is 53.9 Å². The van der Waals surface area contributed by atoms with Crippen molar-refractivity contribution in [3.63, 3.8) is 0 Å². The Morgan fingerprint density at radius 1 is 0.800 bits per heavy atom. The molecule has 6 nitrogen and oxygen atoms in total. The maximum absolute atomic E-state index is 8.60. The van der Waals surface area contributed by atoms with Crippen molar-refractivity contribution in [2.24, 2.45) is 0 Å². The number of hydrogen-bond acceptors (Lipinski definition) is 6. The molecule has 10 heteroatoms. The van der Waals surface area contributed by atoms with E-state index >= 15 is 0 Å². The van der Waals surface area contributed by atoms with Crippen LogP contribution in [0.15, 0.2) is 0 Å². The molecule has 0 aliphatic heterocycles. The van der Waals surface area contributed by atoms with E-state index in [-0.39, 0.29) is 53.9 Å². The van der Waals surface area contributed by atoms with Crippen LogP contribution in [0.1, 0.15) is 0 Å². The van der Waals surface area contributed by atoms with E-state index in [9.17, 15) is 0 Å². The van der Waals surface area contributed by atoms with Gasteiger partial charge in [0.05, 0.1) is 8.41 Å². The summed E-state index contributed by atoms with van der Waals surface area (Å²) in [6.07, 6.45) is 0. The molecular formula is H3BNb2O6Sr. The van der Waals surface area contributed by atoms with Gasteiger partial charge in [-0.05, 0) is 0 Å². The van der Waals surface area contributed by atoms with Crippen LogP contribution in [0.2, 0.25) is 0 Å². The second-order valence-electron chi connectivity index (χ2n) is 0.447. The molecule has 0 atom stereocenters. The van der Waals surface area contributed by atoms with E-state index in [1.165, 1.54) is 0 Å². The summed E-state index contributed by atoms with van der Waals surface area (Å²) in [7, 11) is 0. The van der Waals surface area contributed by atoms with Gasteiger partial charge in [0.1, 0.15) is 0 Å². The van der Waals surface area contributed by atoms with Crippen LogP contribution in [0.4, 0.5) is 0 Å². The average Bonchev–Trinajstić information content (AvgIpc) is 1.25. The molecule has 0 fully saturated rings. The van der Waals surface area contributed by atoms with Gasteiger partial charge < -0.3 is 0 Å². The summed E-state index contributed by atoms with van der Waals surface area (Å²) in [6.45, 7) is 0. The SMILES string of the molecule is B.[O]=[Nb](=[O])[O-].[O]=[Nb](=[O])[O-].[Sr+2]. The fourth-order valence-corrected chi connectivity index (χ4v) is 0. The Hall–Kier alpha value is 2.15. The monoisotopic (exact) mass is 384 g/mol. The smallest absolute Gasteiger partial charge is 2.00 e. The molecule has 0 unspecified atom stereocenters. The quantitative estimate of drug-likeness (QED) is 0.390. The van der Waals surface area contributed by atoms with Crippen molar-refractivity contribution in [3.05, 3.63) is 0 Å². The molecule has 0 radical (unpaired) electrons. The Kier molecular flexibility index (Phi) is 39.3. The predicted octanol–water partition coefficient (Wildman–Crippen LogP) is -4.42. The van der Waals surface area contributed by atoms with Crippen molar-refractivity contribution in [1.29, 1.82) is 0 Å². The maximum Gasteiger partial charge on any atom is 2.00 e. The molecule has 54 valence electrons. The molecule has 0 rings (SSSR count). The first-order valence-corrected chi connectivity index (χ1v) is 6.48. The van der Waals surface area contributed by atoms with Crippen LogP contribution in [0.3, 0.4) is 0 Å². The Morgan fingerprint density at radius 3 is 0.800 bits per heavy atom. The summed E-state index contributed by atoms with van der Waals surface area (Å²) in [5.41, 5.74) is 0. The van der Waals surface area contributed by atoms with Crippen molar-refractivity contribution in [2.45, 2.75) is 0 Å². The normalized spacial score (nSPS) is 5.00. The van der Waals surface area contributed by atoms with Crippen LogP contribution >= 0.6 is 0 Å². The van der Waals surface area contributed by atoms with Gasteiger partial charge in [0, 0.05) is 0 Å². The second kappa shape index (κ2) is 17.3. The molecule has 0 amide bonds. The molecule has 0 bridgehead atoms. The van der Waals surface area contributed by atoms with Gasteiger partial charge in [-0.15, -0.1) is 0 Å². The molecule has 0 saturated heterocycles. The number of rotatable bonds is 0. The standard InChI is InChI=1S/BH3.2Nb.6O.Sr/h1H3;;;;;;;;;/q;;;;;;;2*-1;+2. The van der Waals surface area contributed by atoms with Crippen LogP contribution in [0, 0.1) is 0 Å². The van der Waals surface area contributed by atoms with Crippen LogP contribution in [-0.4, -0.2) is 53.9 Å². The van der Waals surface area contributed by atoms with E-state index in [1.54, 1.807) is 0 Å². The van der Waals surface area contributed by atoms with Crippen LogP contribution in [0.25, 0.3) is 0 Å². The van der Waals surface area contributed by atoms with Crippen LogP contribution < -0.4 is 7.23 Å². The predicted molar refractivity (Wildman–Crippen MR) is 18.4 cm³/mol. The minimum absolute atomic E-state index is 0. The third-order valence-corrected chi connectivity index (χ3v) is 0. The molecule has 0 aliphatic rings. The van der Waals surface area contributed by atoms with E-state index in [0.717, 1.165) is 0 Å². The first-order chi connectivity index (χ1) is 3.46. The van der Waals surface area contributed by atoms with Gasteiger partial charge >= 0.3 is 103 Å². The number of hydrogen-bond donors (Lipinski definition) is 0. The van der Waals surface area contributed by atoms with E-state index in [1.807, 2.05) is 0 Å². The molecular weight excluding hydrogens is 380 g/mol. The molecule has 0 N–H and O–H groups in total. The molecule has 0 spiro atoms. The minimum Gasteiger partial charge on any atom is 2.00 e. The van der Waals surface area contributed by atoms with Gasteiger partial charge in [0.15, 0.2) is 0 Å². The van der Waals surface area contributed by atoms with Crippen molar-refractivity contribution in [1.82, 2.24) is 0 Å². The molecule has 10 heavy (non-hydrogen) atoms. The molecule has 0 aromatic heterocycles. The fraction of sp³-hybridized carbons (Fsp3) is 0. The summed E-state index contributed by atoms with van der Waals surface area (Å²) in [4.78, 5) is 0. The van der Waals surface area contributed by atoms with Crippen LogP contribution in [-0.2, 0) is 50.6 Å². The topological polar surface area (TPSA) is 114 Å². The zero-order chi connectivity index (χ0) is 7.15. The van der Waals surface area contributed by atoms with E-state index in [2.05, 4.69) is 0 Å². The van der Waals surface area contributed by atoms with Crippen molar-refractivity contribution in [2.75, 3.05) is 0 Å². The first kappa shape index (κ1) is 22.7. The van der Waals surface area contributed by atoms with Gasteiger partial charge in [-0.1, -0.05) is 0 Å². The third-order valence-electron chi connectivity index (χ3n) is 0. The summed E-state index contributed by atoms with van der Waals surface area (Å²) in [5, 5.41) is 0. The largest absolute Gasteiger partial charge is 2.00 e. The summed E-state index contributed by atoms with van der Waals surface area (Å²) in [5.74, 6) is 0. The Morgan fingerprint density at radius 2 is 0.800 bits per heavy atom. The molecule has 0 aromatic rings. The zero-order valence-electron chi connectivity index (χ0n) is 4.05. The van der Waals surface area contributed by atoms with Crippen molar-refractivity contribution < 1.29 is 57.8 Å². The van der Waals surface area contributed by atoms with Gasteiger partial charge in [-0.2, -0.15) is 0 Å².